The summed E-state index contributed by atoms with van der Waals surface area (Å²) in [7, 11) is -1.49. The Kier molecular flexibility index (Phi) is 7.86. The van der Waals surface area contributed by atoms with Gasteiger partial charge in [0.2, 0.25) is 5.91 Å². The highest BCUT2D eigenvalue weighted by Crippen LogP contribution is 2.18. The predicted octanol–water partition coefficient (Wildman–Crippen LogP) is 1.85. The first kappa shape index (κ1) is 22.2. The quantitative estimate of drug-likeness (QED) is 0.506. The number of aryl methyl sites for hydroxylation is 1. The molecule has 1 fully saturated rings. The van der Waals surface area contributed by atoms with Crippen LogP contribution in [0.15, 0.2) is 28.1 Å². The van der Waals surface area contributed by atoms with Crippen molar-refractivity contribution in [1.29, 1.82) is 0 Å². The average molecular weight is 409 g/mol. The van der Waals surface area contributed by atoms with Gasteiger partial charge in [-0.15, -0.1) is 0 Å². The van der Waals surface area contributed by atoms with E-state index in [9.17, 15) is 13.2 Å². The number of aliphatic imine (C=N–C) groups is 1. The van der Waals surface area contributed by atoms with Crippen molar-refractivity contribution in [2.45, 2.75) is 57.0 Å². The summed E-state index contributed by atoms with van der Waals surface area (Å²) in [6.07, 6.45) is 4.68. The highest BCUT2D eigenvalue weighted by atomic mass is 32.2. The zero-order chi connectivity index (χ0) is 20.7. The minimum absolute atomic E-state index is 0.266. The fourth-order valence-electron chi connectivity index (χ4n) is 3.64. The van der Waals surface area contributed by atoms with Crippen LogP contribution in [0, 0.1) is 6.92 Å². The first-order valence-electron chi connectivity index (χ1n) is 9.79. The van der Waals surface area contributed by atoms with Crippen molar-refractivity contribution in [2.24, 2.45) is 4.99 Å². The summed E-state index contributed by atoms with van der Waals surface area (Å²) >= 11 is 0. The summed E-state index contributed by atoms with van der Waals surface area (Å²) in [5.74, 6) is 0.953. The molecule has 1 aromatic carbocycles. The molecule has 1 aromatic rings. The zero-order valence-corrected chi connectivity index (χ0v) is 18.1. The molecule has 0 spiro atoms. The molecule has 8 heteroatoms. The summed E-state index contributed by atoms with van der Waals surface area (Å²) in [5, 5.41) is 6.55. The second-order valence-corrected chi connectivity index (χ2v) is 9.25. The van der Waals surface area contributed by atoms with Crippen LogP contribution in [0.5, 0.6) is 0 Å². The van der Waals surface area contributed by atoms with Crippen LogP contribution in [0.3, 0.4) is 0 Å². The molecule has 0 bridgehead atoms. The van der Waals surface area contributed by atoms with E-state index >= 15 is 0 Å². The van der Waals surface area contributed by atoms with Gasteiger partial charge in [-0.3, -0.25) is 9.79 Å². The SMILES string of the molecule is CCC(CCNC(=NC)NCc1ccc(S(C)(=O)=O)c(C)c1)N1CCCC1=O. The molecule has 1 aliphatic rings. The molecule has 2 rings (SSSR count). The number of nitrogens with one attached hydrogen (secondary N) is 2. The monoisotopic (exact) mass is 408 g/mol. The Balaban J connectivity index is 1.84. The van der Waals surface area contributed by atoms with Crippen LogP contribution in [-0.2, 0) is 21.2 Å². The number of carbonyl (C=O) groups is 1. The molecule has 1 aliphatic heterocycles. The summed E-state index contributed by atoms with van der Waals surface area (Å²) in [6.45, 7) is 6.07. The maximum atomic E-state index is 11.9. The number of guanidine groups is 1. The molecule has 0 aromatic heterocycles. The number of hydrogen-bond acceptors (Lipinski definition) is 4. The van der Waals surface area contributed by atoms with Gasteiger partial charge in [-0.05, 0) is 43.4 Å². The van der Waals surface area contributed by atoms with E-state index in [0.29, 0.717) is 23.8 Å². The number of rotatable bonds is 8. The Morgan fingerprint density at radius 2 is 2.07 bits per heavy atom. The van der Waals surface area contributed by atoms with Crippen LogP contribution in [0.4, 0.5) is 0 Å². The lowest BCUT2D eigenvalue weighted by Gasteiger charge is -2.27. The Bertz CT molecular complexity index is 821. The van der Waals surface area contributed by atoms with Crippen LogP contribution >= 0.6 is 0 Å². The molecule has 2 N–H and O–H groups in total. The number of likely N-dealkylation sites (tertiary alicyclic amines) is 1. The van der Waals surface area contributed by atoms with Gasteiger partial charge >= 0.3 is 0 Å². The topological polar surface area (TPSA) is 90.9 Å². The van der Waals surface area contributed by atoms with Crippen molar-refractivity contribution >= 4 is 21.7 Å². The number of hydrogen-bond donors (Lipinski definition) is 2. The summed E-state index contributed by atoms with van der Waals surface area (Å²) in [6, 6.07) is 5.61. The van der Waals surface area contributed by atoms with E-state index in [1.807, 2.05) is 17.0 Å². The summed E-state index contributed by atoms with van der Waals surface area (Å²) < 4.78 is 23.4. The standard InChI is InChI=1S/C20H32N4O3S/c1-5-17(24-12-6-7-19(24)25)10-11-22-20(21-3)23-14-16-8-9-18(15(2)13-16)28(4,26)27/h8-9,13,17H,5-7,10-12,14H2,1-4H3,(H2,21,22,23). The second kappa shape index (κ2) is 9.91. The van der Waals surface area contributed by atoms with Gasteiger partial charge in [0.1, 0.15) is 0 Å². The fraction of sp³-hybridized carbons (Fsp3) is 0.600. The van der Waals surface area contributed by atoms with Gasteiger partial charge in [0.25, 0.3) is 0 Å². The number of carbonyl (C=O) groups excluding carboxylic acids is 1. The summed E-state index contributed by atoms with van der Waals surface area (Å²) in [5.41, 5.74) is 1.73. The minimum Gasteiger partial charge on any atom is -0.356 e. The molecule has 1 unspecified atom stereocenters. The molecule has 7 nitrogen and oxygen atoms in total. The van der Waals surface area contributed by atoms with Crippen molar-refractivity contribution in [2.75, 3.05) is 26.4 Å². The van der Waals surface area contributed by atoms with Crippen molar-refractivity contribution in [3.8, 4) is 0 Å². The van der Waals surface area contributed by atoms with Gasteiger partial charge in [0.05, 0.1) is 4.90 Å². The molecule has 28 heavy (non-hydrogen) atoms. The molecule has 1 saturated heterocycles. The lowest BCUT2D eigenvalue weighted by Crippen LogP contribution is -2.41. The van der Waals surface area contributed by atoms with Crippen molar-refractivity contribution in [3.05, 3.63) is 29.3 Å². The van der Waals surface area contributed by atoms with Crippen molar-refractivity contribution in [3.63, 3.8) is 0 Å². The average Bonchev–Trinajstić information content (AvgIpc) is 3.06. The van der Waals surface area contributed by atoms with Gasteiger partial charge in [-0.1, -0.05) is 19.1 Å². The predicted molar refractivity (Wildman–Crippen MR) is 112 cm³/mol. The van der Waals surface area contributed by atoms with E-state index in [-0.39, 0.29) is 11.9 Å². The Labute approximate surface area is 168 Å². The van der Waals surface area contributed by atoms with E-state index in [1.165, 1.54) is 6.26 Å². The first-order chi connectivity index (χ1) is 13.3. The van der Waals surface area contributed by atoms with Crippen molar-refractivity contribution < 1.29 is 13.2 Å². The number of amides is 1. The minimum atomic E-state index is -3.20. The normalized spacial score (nSPS) is 16.4. The van der Waals surface area contributed by atoms with Gasteiger partial charge in [-0.25, -0.2) is 8.42 Å². The third-order valence-electron chi connectivity index (χ3n) is 5.11. The Hall–Kier alpha value is -2.09. The van der Waals surface area contributed by atoms with E-state index in [4.69, 9.17) is 0 Å². The Morgan fingerprint density at radius 3 is 2.61 bits per heavy atom. The fourth-order valence-corrected chi connectivity index (χ4v) is 4.60. The third kappa shape index (κ3) is 5.95. The molecule has 0 aliphatic carbocycles. The highest BCUT2D eigenvalue weighted by Gasteiger charge is 2.26. The molecule has 0 radical (unpaired) electrons. The molecular weight excluding hydrogens is 376 g/mol. The van der Waals surface area contributed by atoms with Gasteiger partial charge in [0.15, 0.2) is 15.8 Å². The maximum Gasteiger partial charge on any atom is 0.222 e. The van der Waals surface area contributed by atoms with E-state index in [1.54, 1.807) is 20.0 Å². The van der Waals surface area contributed by atoms with E-state index in [2.05, 4.69) is 22.5 Å². The van der Waals surface area contributed by atoms with Gasteiger partial charge in [-0.2, -0.15) is 0 Å². The Morgan fingerprint density at radius 1 is 1.32 bits per heavy atom. The lowest BCUT2D eigenvalue weighted by molar-refractivity contribution is -0.129. The molecular formula is C20H32N4O3S. The lowest BCUT2D eigenvalue weighted by atomic mass is 10.1. The van der Waals surface area contributed by atoms with Crippen molar-refractivity contribution in [1.82, 2.24) is 15.5 Å². The van der Waals surface area contributed by atoms with Crippen LogP contribution in [0.25, 0.3) is 0 Å². The van der Waals surface area contributed by atoms with E-state index in [0.717, 1.165) is 43.5 Å². The molecule has 1 heterocycles. The maximum absolute atomic E-state index is 11.9. The largest absolute Gasteiger partial charge is 0.356 e. The number of benzene rings is 1. The highest BCUT2D eigenvalue weighted by molar-refractivity contribution is 7.90. The smallest absolute Gasteiger partial charge is 0.222 e. The third-order valence-corrected chi connectivity index (χ3v) is 6.37. The molecule has 1 atom stereocenters. The molecule has 156 valence electrons. The van der Waals surface area contributed by atoms with Gasteiger partial charge in [0, 0.05) is 45.4 Å². The number of sulfone groups is 1. The zero-order valence-electron chi connectivity index (χ0n) is 17.3. The molecule has 1 amide bonds. The van der Waals surface area contributed by atoms with Crippen LogP contribution in [0.2, 0.25) is 0 Å². The summed E-state index contributed by atoms with van der Waals surface area (Å²) in [4.78, 5) is 18.5. The first-order valence-corrected chi connectivity index (χ1v) is 11.7. The van der Waals surface area contributed by atoms with Gasteiger partial charge < -0.3 is 15.5 Å². The second-order valence-electron chi connectivity index (χ2n) is 7.27. The van der Waals surface area contributed by atoms with E-state index < -0.39 is 9.84 Å². The van der Waals surface area contributed by atoms with Crippen LogP contribution < -0.4 is 10.6 Å². The number of nitrogens with zero attached hydrogens (tertiary/aromatic N) is 2. The van der Waals surface area contributed by atoms with Crippen LogP contribution in [-0.4, -0.2) is 57.6 Å². The molecule has 0 saturated carbocycles. The van der Waals surface area contributed by atoms with Crippen LogP contribution in [0.1, 0.15) is 43.7 Å².